The molecule has 3 aromatic rings. The summed E-state index contributed by atoms with van der Waals surface area (Å²) in [4.78, 5) is 8.12. The fraction of sp³-hybridized carbons (Fsp3) is 0.182. The Morgan fingerprint density at radius 1 is 1.16 bits per heavy atom. The number of hydrogen-bond donors (Lipinski definition) is 5. The summed E-state index contributed by atoms with van der Waals surface area (Å²) in [5.74, 6) is 1.03. The minimum absolute atomic E-state index is 0.0189. The molecule has 0 fully saturated rings. The van der Waals surface area contributed by atoms with E-state index in [-0.39, 0.29) is 18.3 Å². The van der Waals surface area contributed by atoms with E-state index in [2.05, 4.69) is 25.8 Å². The summed E-state index contributed by atoms with van der Waals surface area (Å²) in [5, 5.41) is 15.1. The molecule has 0 aliphatic rings. The molecule has 0 radical (unpaired) electrons. The van der Waals surface area contributed by atoms with E-state index in [1.165, 1.54) is 0 Å². The van der Waals surface area contributed by atoms with Crippen LogP contribution in [-0.2, 0) is 0 Å². The van der Waals surface area contributed by atoms with Crippen molar-refractivity contribution in [2.75, 3.05) is 24.0 Å². The number of anilines is 2. The lowest BCUT2D eigenvalue weighted by Gasteiger charge is -2.21. The van der Waals surface area contributed by atoms with Crippen molar-refractivity contribution in [2.45, 2.75) is 13.0 Å². The third kappa shape index (κ3) is 6.14. The molecule has 32 heavy (non-hydrogen) atoms. The van der Waals surface area contributed by atoms with Crippen LogP contribution < -0.4 is 26.9 Å². The van der Waals surface area contributed by atoms with Crippen molar-refractivity contribution in [3.8, 4) is 5.75 Å². The first-order valence-electron chi connectivity index (χ1n) is 9.83. The van der Waals surface area contributed by atoms with E-state index in [4.69, 9.17) is 21.6 Å². The number of hydrogen-bond acceptors (Lipinski definition) is 7. The quantitative estimate of drug-likeness (QED) is 0.186. The standard InChI is InChI=1S/C22H25FN8O/c1-14-11-16(13-18(12-14)32-10-7-23)19(21(26)30-31-22-27-8-2-9-28-22)29-17-5-3-15(4-6-17)20(24)25/h2-6,8-9,11-13,19,29H,7,10H2,1H3,(H3,24,25)(H2,26,30)(H,27,28,31). The number of aromatic nitrogens is 2. The van der Waals surface area contributed by atoms with Crippen molar-refractivity contribution in [3.63, 3.8) is 0 Å². The maximum Gasteiger partial charge on any atom is 0.243 e. The predicted octanol–water partition coefficient (Wildman–Crippen LogP) is 2.95. The number of ether oxygens (including phenoxy) is 1. The smallest absolute Gasteiger partial charge is 0.243 e. The maximum absolute atomic E-state index is 12.6. The highest BCUT2D eigenvalue weighted by molar-refractivity contribution is 5.95. The van der Waals surface area contributed by atoms with Crippen LogP contribution in [0.15, 0.2) is 66.0 Å². The first kappa shape index (κ1) is 22.5. The molecule has 1 unspecified atom stereocenters. The van der Waals surface area contributed by atoms with Gasteiger partial charge in [0.25, 0.3) is 0 Å². The number of alkyl halides is 1. The van der Waals surface area contributed by atoms with Gasteiger partial charge in [0.2, 0.25) is 5.95 Å². The zero-order valence-corrected chi connectivity index (χ0v) is 17.5. The summed E-state index contributed by atoms with van der Waals surface area (Å²) in [6.07, 6.45) is 3.17. The molecule has 0 aliphatic heterocycles. The van der Waals surface area contributed by atoms with E-state index in [1.807, 2.05) is 19.1 Å². The van der Waals surface area contributed by atoms with Crippen LogP contribution in [0.5, 0.6) is 5.75 Å². The Balaban J connectivity index is 1.93. The van der Waals surface area contributed by atoms with E-state index in [0.29, 0.717) is 17.3 Å². The SMILES string of the molecule is Cc1cc(OCCF)cc(C(Nc2ccc(C(=N)N)cc2)/C(N)=N/Nc2ncccn2)c1. The van der Waals surface area contributed by atoms with Gasteiger partial charge < -0.3 is 21.5 Å². The van der Waals surface area contributed by atoms with Crippen LogP contribution in [-0.4, -0.2) is 34.9 Å². The second kappa shape index (κ2) is 10.7. The van der Waals surface area contributed by atoms with Crippen molar-refractivity contribution < 1.29 is 9.13 Å². The molecule has 166 valence electrons. The van der Waals surface area contributed by atoms with Gasteiger partial charge in [-0.25, -0.2) is 19.8 Å². The van der Waals surface area contributed by atoms with Crippen molar-refractivity contribution in [1.29, 1.82) is 5.41 Å². The monoisotopic (exact) mass is 436 g/mol. The molecule has 0 bridgehead atoms. The van der Waals surface area contributed by atoms with Crippen LogP contribution in [0.25, 0.3) is 0 Å². The van der Waals surface area contributed by atoms with Gasteiger partial charge in [0, 0.05) is 23.6 Å². The number of nitrogen functional groups attached to an aromatic ring is 1. The number of aryl methyl sites for hydroxylation is 1. The van der Waals surface area contributed by atoms with Crippen molar-refractivity contribution in [1.82, 2.24) is 9.97 Å². The molecule has 0 amide bonds. The van der Waals surface area contributed by atoms with Gasteiger partial charge >= 0.3 is 0 Å². The molecule has 7 N–H and O–H groups in total. The van der Waals surface area contributed by atoms with Gasteiger partial charge in [-0.1, -0.05) is 6.07 Å². The molecule has 0 spiro atoms. The second-order valence-electron chi connectivity index (χ2n) is 6.91. The molecule has 1 aromatic heterocycles. The van der Waals surface area contributed by atoms with Gasteiger partial charge in [-0.15, -0.1) is 0 Å². The Morgan fingerprint density at radius 2 is 1.88 bits per heavy atom. The van der Waals surface area contributed by atoms with Gasteiger partial charge in [-0.2, -0.15) is 5.10 Å². The van der Waals surface area contributed by atoms with Gasteiger partial charge in [-0.3, -0.25) is 5.41 Å². The first-order chi connectivity index (χ1) is 15.5. The summed E-state index contributed by atoms with van der Waals surface area (Å²) in [7, 11) is 0. The Hall–Kier alpha value is -4.21. The van der Waals surface area contributed by atoms with Crippen LogP contribution >= 0.6 is 0 Å². The molecule has 1 heterocycles. The zero-order chi connectivity index (χ0) is 22.9. The highest BCUT2D eigenvalue weighted by Crippen LogP contribution is 2.26. The minimum Gasteiger partial charge on any atom is -0.491 e. The summed E-state index contributed by atoms with van der Waals surface area (Å²) >= 11 is 0. The number of halogens is 1. The van der Waals surface area contributed by atoms with Crippen LogP contribution in [0.4, 0.5) is 16.0 Å². The zero-order valence-electron chi connectivity index (χ0n) is 17.5. The topological polar surface area (TPSA) is 147 Å². The summed E-state index contributed by atoms with van der Waals surface area (Å²) in [6.45, 7) is 1.29. The summed E-state index contributed by atoms with van der Waals surface area (Å²) < 4.78 is 18.1. The third-order valence-corrected chi connectivity index (χ3v) is 4.41. The van der Waals surface area contributed by atoms with Crippen LogP contribution in [0.3, 0.4) is 0 Å². The van der Waals surface area contributed by atoms with Crippen LogP contribution in [0, 0.1) is 12.3 Å². The Morgan fingerprint density at radius 3 is 2.53 bits per heavy atom. The van der Waals surface area contributed by atoms with E-state index in [1.54, 1.807) is 48.8 Å². The van der Waals surface area contributed by atoms with E-state index >= 15 is 0 Å². The lowest BCUT2D eigenvalue weighted by atomic mass is 10.0. The fourth-order valence-electron chi connectivity index (χ4n) is 2.96. The van der Waals surface area contributed by atoms with Crippen molar-refractivity contribution in [2.24, 2.45) is 16.6 Å². The number of nitrogens with two attached hydrogens (primary N) is 2. The average molecular weight is 436 g/mol. The Kier molecular flexibility index (Phi) is 7.52. The number of nitrogens with one attached hydrogen (secondary N) is 3. The lowest BCUT2D eigenvalue weighted by molar-refractivity contribution is 0.273. The largest absolute Gasteiger partial charge is 0.491 e. The van der Waals surface area contributed by atoms with Crippen molar-refractivity contribution >= 4 is 23.3 Å². The first-order valence-corrected chi connectivity index (χ1v) is 9.83. The molecular formula is C22H25FN8O. The third-order valence-electron chi connectivity index (χ3n) is 4.41. The number of nitrogens with zero attached hydrogens (tertiary/aromatic N) is 3. The second-order valence-corrected chi connectivity index (χ2v) is 6.91. The molecule has 1 atom stereocenters. The predicted molar refractivity (Wildman–Crippen MR) is 124 cm³/mol. The molecule has 2 aromatic carbocycles. The molecule has 0 saturated heterocycles. The van der Waals surface area contributed by atoms with Crippen LogP contribution in [0.1, 0.15) is 22.7 Å². The minimum atomic E-state index is -0.585. The normalized spacial score (nSPS) is 12.1. The van der Waals surface area contributed by atoms with Crippen LogP contribution in [0.2, 0.25) is 0 Å². The van der Waals surface area contributed by atoms with Gasteiger partial charge in [-0.05, 0) is 60.5 Å². The Bertz CT molecular complexity index is 1070. The van der Waals surface area contributed by atoms with Crippen molar-refractivity contribution in [3.05, 3.63) is 77.6 Å². The molecular weight excluding hydrogens is 411 g/mol. The molecule has 0 aliphatic carbocycles. The summed E-state index contributed by atoms with van der Waals surface area (Å²) in [5.41, 5.74) is 17.6. The van der Waals surface area contributed by atoms with Gasteiger partial charge in [0.15, 0.2) is 0 Å². The van der Waals surface area contributed by atoms with Gasteiger partial charge in [0.05, 0.1) is 0 Å². The number of amidine groups is 2. The molecule has 0 saturated carbocycles. The van der Waals surface area contributed by atoms with E-state index < -0.39 is 12.7 Å². The van der Waals surface area contributed by atoms with E-state index in [9.17, 15) is 4.39 Å². The molecule has 9 nitrogen and oxygen atoms in total. The van der Waals surface area contributed by atoms with Gasteiger partial charge in [0.1, 0.15) is 36.7 Å². The number of rotatable bonds is 10. The maximum atomic E-state index is 12.6. The van der Waals surface area contributed by atoms with E-state index in [0.717, 1.165) is 16.8 Å². The number of hydrazone groups is 1. The molecule has 3 rings (SSSR count). The number of benzene rings is 2. The highest BCUT2D eigenvalue weighted by Gasteiger charge is 2.18. The Labute approximate surface area is 185 Å². The lowest BCUT2D eigenvalue weighted by Crippen LogP contribution is -2.29. The molecule has 10 heteroatoms. The highest BCUT2D eigenvalue weighted by atomic mass is 19.1. The fourth-order valence-corrected chi connectivity index (χ4v) is 2.96. The summed E-state index contributed by atoms with van der Waals surface area (Å²) in [6, 6.07) is 13.7. The average Bonchev–Trinajstić information content (AvgIpc) is 2.80.